The van der Waals surface area contributed by atoms with Gasteiger partial charge in [-0.25, -0.2) is 0 Å². The molecule has 4 nitrogen and oxygen atoms in total. The Bertz CT molecular complexity index is 274. The highest BCUT2D eigenvalue weighted by Crippen LogP contribution is 2.18. The molecule has 0 spiro atoms. The molecule has 0 saturated heterocycles. The summed E-state index contributed by atoms with van der Waals surface area (Å²) >= 11 is 0. The van der Waals surface area contributed by atoms with Crippen molar-refractivity contribution in [2.24, 2.45) is 5.92 Å². The van der Waals surface area contributed by atoms with Gasteiger partial charge in [0, 0.05) is 13.2 Å². The highest BCUT2D eigenvalue weighted by Gasteiger charge is 2.13. The zero-order valence-electron chi connectivity index (χ0n) is 17.8. The van der Waals surface area contributed by atoms with Crippen LogP contribution in [0.3, 0.4) is 0 Å². The first kappa shape index (κ1) is 25.8. The minimum atomic E-state index is -0.560. The van der Waals surface area contributed by atoms with Crippen LogP contribution in [0.1, 0.15) is 104 Å². The van der Waals surface area contributed by atoms with E-state index in [2.05, 4.69) is 19.2 Å². The van der Waals surface area contributed by atoms with Gasteiger partial charge in [-0.2, -0.15) is 0 Å². The van der Waals surface area contributed by atoms with Crippen LogP contribution >= 0.6 is 0 Å². The number of hydrogen-bond donors (Lipinski definition) is 3. The van der Waals surface area contributed by atoms with Crippen molar-refractivity contribution in [2.45, 2.75) is 117 Å². The summed E-state index contributed by atoms with van der Waals surface area (Å²) in [6.07, 6.45) is 16.4. The number of rotatable bonds is 20. The molecule has 0 aliphatic heterocycles. The molecule has 0 aliphatic carbocycles. The van der Waals surface area contributed by atoms with Gasteiger partial charge in [-0.1, -0.05) is 90.9 Å². The molecule has 0 fully saturated rings. The molecule has 158 valence electrons. The second-order valence-corrected chi connectivity index (χ2v) is 7.93. The smallest absolute Gasteiger partial charge is 0.134 e. The van der Waals surface area contributed by atoms with Crippen LogP contribution in [0, 0.1) is 5.92 Å². The lowest BCUT2D eigenvalue weighted by molar-refractivity contribution is -0.0507. The Labute approximate surface area is 163 Å². The van der Waals surface area contributed by atoms with Crippen LogP contribution in [-0.2, 0) is 4.74 Å². The van der Waals surface area contributed by atoms with E-state index in [1.54, 1.807) is 6.92 Å². The summed E-state index contributed by atoms with van der Waals surface area (Å²) in [6.45, 7) is 7.59. The van der Waals surface area contributed by atoms with Gasteiger partial charge in [0.15, 0.2) is 0 Å². The number of hydrogen-bond acceptors (Lipinski definition) is 4. The van der Waals surface area contributed by atoms with Crippen LogP contribution in [0.15, 0.2) is 0 Å². The second kappa shape index (κ2) is 19.6. The molecule has 0 aliphatic rings. The van der Waals surface area contributed by atoms with Crippen LogP contribution in [0.25, 0.3) is 0 Å². The van der Waals surface area contributed by atoms with Crippen LogP contribution in [-0.4, -0.2) is 42.3 Å². The fraction of sp³-hybridized carbons (Fsp3) is 1.00. The van der Waals surface area contributed by atoms with Gasteiger partial charge in [-0.3, -0.25) is 5.32 Å². The zero-order valence-corrected chi connectivity index (χ0v) is 17.8. The molecule has 0 bridgehead atoms. The third kappa shape index (κ3) is 17.3. The standard InChI is InChI=1S/C22H47NO3/c1-4-5-6-12-15-20(2)16-13-10-8-7-9-11-14-19-26-22(21(3)25)23-17-18-24/h20-25H,4-19H2,1-3H3. The molecule has 3 N–H and O–H groups in total. The highest BCUT2D eigenvalue weighted by molar-refractivity contribution is 4.62. The maximum atomic E-state index is 9.60. The third-order valence-electron chi connectivity index (χ3n) is 5.08. The van der Waals surface area contributed by atoms with Crippen LogP contribution in [0.4, 0.5) is 0 Å². The molecular formula is C22H47NO3. The van der Waals surface area contributed by atoms with E-state index in [4.69, 9.17) is 9.84 Å². The first-order valence-electron chi connectivity index (χ1n) is 11.3. The van der Waals surface area contributed by atoms with Crippen molar-refractivity contribution in [1.29, 1.82) is 0 Å². The fourth-order valence-corrected chi connectivity index (χ4v) is 3.33. The third-order valence-corrected chi connectivity index (χ3v) is 5.08. The summed E-state index contributed by atoms with van der Waals surface area (Å²) < 4.78 is 5.65. The van der Waals surface area contributed by atoms with Gasteiger partial charge in [-0.05, 0) is 19.3 Å². The Morgan fingerprint density at radius 2 is 1.35 bits per heavy atom. The number of aliphatic hydroxyl groups excluding tert-OH is 2. The van der Waals surface area contributed by atoms with Crippen molar-refractivity contribution < 1.29 is 14.9 Å². The molecule has 0 rings (SSSR count). The SMILES string of the molecule is CCCCCCC(C)CCCCCCCCCOC(NCCO)C(C)O. The molecule has 0 aromatic rings. The van der Waals surface area contributed by atoms with Crippen LogP contribution in [0.5, 0.6) is 0 Å². The minimum absolute atomic E-state index is 0.0597. The lowest BCUT2D eigenvalue weighted by atomic mass is 9.96. The molecule has 26 heavy (non-hydrogen) atoms. The monoisotopic (exact) mass is 373 g/mol. The van der Waals surface area contributed by atoms with E-state index in [0.29, 0.717) is 13.2 Å². The van der Waals surface area contributed by atoms with E-state index in [1.165, 1.54) is 77.0 Å². The lowest BCUT2D eigenvalue weighted by Gasteiger charge is -2.21. The van der Waals surface area contributed by atoms with Crippen molar-refractivity contribution in [1.82, 2.24) is 5.32 Å². The molecule has 3 unspecified atom stereocenters. The molecule has 4 heteroatoms. The summed E-state index contributed by atoms with van der Waals surface area (Å²) in [4.78, 5) is 0. The van der Waals surface area contributed by atoms with Crippen molar-refractivity contribution in [3.63, 3.8) is 0 Å². The normalized spacial score (nSPS) is 15.1. The van der Waals surface area contributed by atoms with E-state index in [0.717, 1.165) is 12.3 Å². The lowest BCUT2D eigenvalue weighted by Crippen LogP contribution is -2.42. The predicted molar refractivity (Wildman–Crippen MR) is 111 cm³/mol. The number of ether oxygens (including phenoxy) is 1. The number of nitrogens with one attached hydrogen (secondary N) is 1. The van der Waals surface area contributed by atoms with E-state index in [9.17, 15) is 5.11 Å². The molecule has 0 radical (unpaired) electrons. The Hall–Kier alpha value is -0.160. The average molecular weight is 374 g/mol. The summed E-state index contributed by atoms with van der Waals surface area (Å²) in [7, 11) is 0. The van der Waals surface area contributed by atoms with Crippen LogP contribution < -0.4 is 5.32 Å². The van der Waals surface area contributed by atoms with E-state index in [1.807, 2.05) is 0 Å². The second-order valence-electron chi connectivity index (χ2n) is 7.93. The molecule has 0 aromatic carbocycles. The van der Waals surface area contributed by atoms with E-state index >= 15 is 0 Å². The van der Waals surface area contributed by atoms with E-state index in [-0.39, 0.29) is 12.8 Å². The van der Waals surface area contributed by atoms with Gasteiger partial charge in [0.1, 0.15) is 6.23 Å². The van der Waals surface area contributed by atoms with Crippen molar-refractivity contribution in [3.8, 4) is 0 Å². The summed E-state index contributed by atoms with van der Waals surface area (Å²) in [5, 5.41) is 21.4. The van der Waals surface area contributed by atoms with Gasteiger partial charge in [0.2, 0.25) is 0 Å². The van der Waals surface area contributed by atoms with Gasteiger partial charge < -0.3 is 14.9 Å². The van der Waals surface area contributed by atoms with E-state index < -0.39 is 6.10 Å². The molecular weight excluding hydrogens is 326 g/mol. The van der Waals surface area contributed by atoms with Gasteiger partial charge in [0.05, 0.1) is 12.7 Å². The van der Waals surface area contributed by atoms with Crippen molar-refractivity contribution in [2.75, 3.05) is 19.8 Å². The summed E-state index contributed by atoms with van der Waals surface area (Å²) in [5.74, 6) is 0.908. The Morgan fingerprint density at radius 3 is 1.88 bits per heavy atom. The fourth-order valence-electron chi connectivity index (χ4n) is 3.33. The highest BCUT2D eigenvalue weighted by atomic mass is 16.5. The molecule has 0 saturated carbocycles. The number of unbranched alkanes of at least 4 members (excludes halogenated alkanes) is 9. The van der Waals surface area contributed by atoms with Crippen LogP contribution in [0.2, 0.25) is 0 Å². The molecule has 0 heterocycles. The zero-order chi connectivity index (χ0) is 19.5. The van der Waals surface area contributed by atoms with Crippen molar-refractivity contribution in [3.05, 3.63) is 0 Å². The summed E-state index contributed by atoms with van der Waals surface area (Å²) in [5.41, 5.74) is 0. The minimum Gasteiger partial charge on any atom is -0.395 e. The van der Waals surface area contributed by atoms with Gasteiger partial charge in [-0.15, -0.1) is 0 Å². The quantitative estimate of drug-likeness (QED) is 0.207. The first-order valence-corrected chi connectivity index (χ1v) is 11.3. The Balaban J connectivity index is 3.35. The summed E-state index contributed by atoms with van der Waals surface area (Å²) in [6, 6.07) is 0. The maximum absolute atomic E-state index is 9.60. The van der Waals surface area contributed by atoms with Gasteiger partial charge in [0.25, 0.3) is 0 Å². The van der Waals surface area contributed by atoms with Gasteiger partial charge >= 0.3 is 0 Å². The number of aliphatic hydroxyl groups is 2. The van der Waals surface area contributed by atoms with Crippen molar-refractivity contribution >= 4 is 0 Å². The maximum Gasteiger partial charge on any atom is 0.134 e. The predicted octanol–water partition coefficient (Wildman–Crippen LogP) is 5.02. The largest absolute Gasteiger partial charge is 0.395 e. The topological polar surface area (TPSA) is 61.7 Å². The Morgan fingerprint density at radius 1 is 0.808 bits per heavy atom. The molecule has 3 atom stereocenters. The average Bonchev–Trinajstić information content (AvgIpc) is 2.62. The molecule has 0 amide bonds. The molecule has 0 aromatic heterocycles. The first-order chi connectivity index (χ1) is 12.6. The Kier molecular flexibility index (Phi) is 19.5.